The molecule has 0 aliphatic rings. The summed E-state index contributed by atoms with van der Waals surface area (Å²) in [4.78, 5) is 21.8. The summed E-state index contributed by atoms with van der Waals surface area (Å²) in [5, 5.41) is 11.2. The van der Waals surface area contributed by atoms with Crippen molar-refractivity contribution < 1.29 is 19.4 Å². The van der Waals surface area contributed by atoms with Gasteiger partial charge in [0.05, 0.1) is 0 Å². The summed E-state index contributed by atoms with van der Waals surface area (Å²) in [5.41, 5.74) is 0. The van der Waals surface area contributed by atoms with Gasteiger partial charge in [0.15, 0.2) is 0 Å². The molecular weight excluding hydrogens is 186 g/mol. The minimum Gasteiger partial charge on any atom is -0.480 e. The zero-order chi connectivity index (χ0) is 11.1. The lowest BCUT2D eigenvalue weighted by Gasteiger charge is -2.15. The molecule has 1 amide bonds. The molecule has 0 saturated carbocycles. The van der Waals surface area contributed by atoms with Crippen molar-refractivity contribution >= 4 is 11.9 Å². The lowest BCUT2D eigenvalue weighted by molar-refractivity contribution is -0.142. The Morgan fingerprint density at radius 1 is 1.43 bits per heavy atom. The number of nitrogens with one attached hydrogen (secondary N) is 1. The molecule has 5 heteroatoms. The Kier molecular flexibility index (Phi) is 5.87. The number of ether oxygens (including phenoxy) is 1. The summed E-state index contributed by atoms with van der Waals surface area (Å²) in [6, 6.07) is -0.822. The van der Waals surface area contributed by atoms with Gasteiger partial charge in [-0.1, -0.05) is 13.8 Å². The van der Waals surface area contributed by atoms with Crippen LogP contribution >= 0.6 is 0 Å². The predicted molar refractivity (Wildman–Crippen MR) is 50.9 cm³/mol. The molecule has 82 valence electrons. The highest BCUT2D eigenvalue weighted by Crippen LogP contribution is 2.04. The molecule has 0 rings (SSSR count). The third kappa shape index (κ3) is 5.53. The van der Waals surface area contributed by atoms with Crippen molar-refractivity contribution in [1.29, 1.82) is 0 Å². The first-order valence-corrected chi connectivity index (χ1v) is 4.48. The molecule has 0 bridgehead atoms. The average molecular weight is 203 g/mol. The fourth-order valence-corrected chi connectivity index (χ4v) is 1.06. The minimum absolute atomic E-state index is 0.109. The Hall–Kier alpha value is -1.10. The molecule has 0 aromatic heterocycles. The summed E-state index contributed by atoms with van der Waals surface area (Å²) >= 11 is 0. The van der Waals surface area contributed by atoms with Gasteiger partial charge in [0.25, 0.3) is 0 Å². The summed E-state index contributed by atoms with van der Waals surface area (Å²) in [6.45, 7) is 3.69. The van der Waals surface area contributed by atoms with Crippen LogP contribution < -0.4 is 5.32 Å². The Bertz CT molecular complexity index is 203. The van der Waals surface area contributed by atoms with Crippen molar-refractivity contribution in [2.75, 3.05) is 13.7 Å². The fourth-order valence-electron chi connectivity index (χ4n) is 1.06. The standard InChI is InChI=1S/C9H17NO4/c1-6(2)4-7(9(12)13)10-8(11)5-14-3/h6-7H,4-5H2,1-3H3,(H,10,11)(H,12,13)/t7-/m1/s1. The maximum absolute atomic E-state index is 11.0. The van der Waals surface area contributed by atoms with E-state index in [-0.39, 0.29) is 12.5 Å². The van der Waals surface area contributed by atoms with E-state index in [0.29, 0.717) is 6.42 Å². The molecule has 0 spiro atoms. The van der Waals surface area contributed by atoms with E-state index in [1.54, 1.807) is 0 Å². The van der Waals surface area contributed by atoms with Gasteiger partial charge >= 0.3 is 5.97 Å². The van der Waals surface area contributed by atoms with Crippen LogP contribution in [0.4, 0.5) is 0 Å². The number of carboxylic acid groups (broad SMARTS) is 1. The van der Waals surface area contributed by atoms with Crippen molar-refractivity contribution in [3.05, 3.63) is 0 Å². The highest BCUT2D eigenvalue weighted by molar-refractivity contribution is 5.84. The van der Waals surface area contributed by atoms with Crippen molar-refractivity contribution in [2.24, 2.45) is 5.92 Å². The van der Waals surface area contributed by atoms with Crippen LogP contribution in [-0.4, -0.2) is 36.7 Å². The normalized spacial score (nSPS) is 12.6. The van der Waals surface area contributed by atoms with Crippen LogP contribution in [0, 0.1) is 5.92 Å². The van der Waals surface area contributed by atoms with E-state index in [9.17, 15) is 9.59 Å². The van der Waals surface area contributed by atoms with Crippen LogP contribution in [0.15, 0.2) is 0 Å². The van der Waals surface area contributed by atoms with Crippen LogP contribution in [0.2, 0.25) is 0 Å². The fraction of sp³-hybridized carbons (Fsp3) is 0.778. The minimum atomic E-state index is -1.01. The number of carboxylic acids is 1. The van der Waals surface area contributed by atoms with Gasteiger partial charge in [-0.15, -0.1) is 0 Å². The van der Waals surface area contributed by atoms with E-state index in [2.05, 4.69) is 10.1 Å². The highest BCUT2D eigenvalue weighted by Gasteiger charge is 2.20. The van der Waals surface area contributed by atoms with E-state index in [4.69, 9.17) is 5.11 Å². The number of amides is 1. The van der Waals surface area contributed by atoms with Gasteiger partial charge in [-0.3, -0.25) is 4.79 Å². The molecular formula is C9H17NO4. The molecule has 0 heterocycles. The van der Waals surface area contributed by atoms with Gasteiger partial charge in [-0.2, -0.15) is 0 Å². The summed E-state index contributed by atoms with van der Waals surface area (Å²) in [6.07, 6.45) is 0.421. The van der Waals surface area contributed by atoms with Crippen molar-refractivity contribution in [3.63, 3.8) is 0 Å². The number of rotatable bonds is 6. The van der Waals surface area contributed by atoms with Crippen LogP contribution in [0.5, 0.6) is 0 Å². The molecule has 5 nitrogen and oxygen atoms in total. The molecule has 0 unspecified atom stereocenters. The van der Waals surface area contributed by atoms with E-state index in [0.717, 1.165) is 0 Å². The smallest absolute Gasteiger partial charge is 0.326 e. The number of methoxy groups -OCH3 is 1. The molecule has 1 atom stereocenters. The van der Waals surface area contributed by atoms with Gasteiger partial charge in [-0.05, 0) is 12.3 Å². The number of aliphatic carboxylic acids is 1. The van der Waals surface area contributed by atoms with E-state index < -0.39 is 17.9 Å². The second-order valence-electron chi connectivity index (χ2n) is 3.52. The molecule has 0 aliphatic carbocycles. The quantitative estimate of drug-likeness (QED) is 0.648. The monoisotopic (exact) mass is 203 g/mol. The van der Waals surface area contributed by atoms with Crippen LogP contribution in [0.3, 0.4) is 0 Å². The Morgan fingerprint density at radius 3 is 2.36 bits per heavy atom. The number of carbonyl (C=O) groups is 2. The van der Waals surface area contributed by atoms with Gasteiger partial charge in [-0.25, -0.2) is 4.79 Å². The first-order valence-electron chi connectivity index (χ1n) is 4.48. The molecule has 0 aromatic rings. The topological polar surface area (TPSA) is 75.6 Å². The zero-order valence-electron chi connectivity index (χ0n) is 8.74. The molecule has 0 fully saturated rings. The maximum Gasteiger partial charge on any atom is 0.326 e. The van der Waals surface area contributed by atoms with E-state index in [1.807, 2.05) is 13.8 Å². The largest absolute Gasteiger partial charge is 0.480 e. The lowest BCUT2D eigenvalue weighted by atomic mass is 10.0. The summed E-state index contributed by atoms with van der Waals surface area (Å²) < 4.78 is 4.58. The highest BCUT2D eigenvalue weighted by atomic mass is 16.5. The summed E-state index contributed by atoms with van der Waals surface area (Å²) in [7, 11) is 1.39. The van der Waals surface area contributed by atoms with E-state index >= 15 is 0 Å². The number of hydrogen-bond donors (Lipinski definition) is 2. The first-order chi connectivity index (χ1) is 6.47. The average Bonchev–Trinajstić information content (AvgIpc) is 2.02. The van der Waals surface area contributed by atoms with Crippen molar-refractivity contribution in [2.45, 2.75) is 26.3 Å². The second kappa shape index (κ2) is 6.37. The lowest BCUT2D eigenvalue weighted by Crippen LogP contribution is -2.43. The van der Waals surface area contributed by atoms with Gasteiger partial charge in [0.2, 0.25) is 5.91 Å². The Labute approximate surface area is 83.4 Å². The molecule has 0 aliphatic heterocycles. The molecule has 0 radical (unpaired) electrons. The summed E-state index contributed by atoms with van der Waals surface area (Å²) in [5.74, 6) is -1.19. The van der Waals surface area contributed by atoms with E-state index in [1.165, 1.54) is 7.11 Å². The third-order valence-electron chi connectivity index (χ3n) is 1.62. The van der Waals surface area contributed by atoms with Crippen molar-refractivity contribution in [3.8, 4) is 0 Å². The number of hydrogen-bond acceptors (Lipinski definition) is 3. The Balaban J connectivity index is 4.09. The van der Waals surface area contributed by atoms with Gasteiger partial charge in [0, 0.05) is 7.11 Å². The van der Waals surface area contributed by atoms with Crippen LogP contribution in [-0.2, 0) is 14.3 Å². The maximum atomic E-state index is 11.0. The third-order valence-corrected chi connectivity index (χ3v) is 1.62. The van der Waals surface area contributed by atoms with Crippen LogP contribution in [0.25, 0.3) is 0 Å². The molecule has 14 heavy (non-hydrogen) atoms. The first kappa shape index (κ1) is 12.9. The Morgan fingerprint density at radius 2 is 2.00 bits per heavy atom. The van der Waals surface area contributed by atoms with Gasteiger partial charge < -0.3 is 15.2 Å². The second-order valence-corrected chi connectivity index (χ2v) is 3.52. The SMILES string of the molecule is COCC(=O)N[C@H](CC(C)C)C(=O)O. The van der Waals surface area contributed by atoms with Crippen molar-refractivity contribution in [1.82, 2.24) is 5.32 Å². The van der Waals surface area contributed by atoms with Crippen LogP contribution in [0.1, 0.15) is 20.3 Å². The van der Waals surface area contributed by atoms with Gasteiger partial charge in [0.1, 0.15) is 12.6 Å². The molecule has 2 N–H and O–H groups in total. The number of carbonyl (C=O) groups excluding carboxylic acids is 1. The molecule has 0 aromatic carbocycles. The zero-order valence-corrected chi connectivity index (χ0v) is 8.74. The molecule has 0 saturated heterocycles. The predicted octanol–water partition coefficient (Wildman–Crippen LogP) is 0.248.